The van der Waals surface area contributed by atoms with Gasteiger partial charge in [0.15, 0.2) is 0 Å². The van der Waals surface area contributed by atoms with E-state index in [2.05, 4.69) is 10.3 Å². The molecule has 1 aromatic rings. The smallest absolute Gasteiger partial charge is 0.341 e. The normalized spacial score (nSPS) is 19.8. The van der Waals surface area contributed by atoms with E-state index in [-0.39, 0.29) is 17.9 Å². The first-order valence-electron chi connectivity index (χ1n) is 9.97. The van der Waals surface area contributed by atoms with E-state index in [0.29, 0.717) is 56.8 Å². The average molecular weight is 420 g/mol. The molecule has 1 N–H and O–H groups in total. The van der Waals surface area contributed by atoms with Crippen LogP contribution >= 0.6 is 0 Å². The minimum Gasteiger partial charge on any atom is -0.341 e. The number of amides is 3. The lowest BCUT2D eigenvalue weighted by molar-refractivity contribution is -0.138. The number of rotatable bonds is 2. The summed E-state index contributed by atoms with van der Waals surface area (Å²) in [7, 11) is 1.56. The fourth-order valence-electron chi connectivity index (χ4n) is 4.50. The molecule has 1 aromatic carbocycles. The summed E-state index contributed by atoms with van der Waals surface area (Å²) in [5.74, 6) is -0.427. The Kier molecular flexibility index (Phi) is 5.29. The first-order valence-corrected chi connectivity index (χ1v) is 9.97. The summed E-state index contributed by atoms with van der Waals surface area (Å²) in [5, 5.41) is 2.58. The molecule has 0 saturated carbocycles. The Bertz CT molecular complexity index is 930. The minimum absolute atomic E-state index is 0.193. The fraction of sp³-hybridized carbons (Fsp3) is 0.476. The SMILES string of the molecule is CNC(=O)N1CC2=C(C1)C(C(=O)N1CCC(c3ccccc3C(F)(F)F)CC1)=NC2. The predicted octanol–water partition coefficient (Wildman–Crippen LogP) is 2.82. The van der Waals surface area contributed by atoms with E-state index in [4.69, 9.17) is 0 Å². The van der Waals surface area contributed by atoms with Crippen LogP contribution in [-0.4, -0.2) is 67.2 Å². The molecular formula is C21H23F3N4O2. The van der Waals surface area contributed by atoms with Gasteiger partial charge in [0, 0.05) is 32.3 Å². The van der Waals surface area contributed by atoms with Crippen LogP contribution in [0.2, 0.25) is 0 Å². The van der Waals surface area contributed by atoms with Crippen molar-refractivity contribution in [1.29, 1.82) is 0 Å². The highest BCUT2D eigenvalue weighted by Gasteiger charge is 2.38. The molecule has 6 nitrogen and oxygen atoms in total. The van der Waals surface area contributed by atoms with Crippen molar-refractivity contribution in [2.45, 2.75) is 24.9 Å². The molecule has 9 heteroatoms. The van der Waals surface area contributed by atoms with Crippen LogP contribution in [0.3, 0.4) is 0 Å². The van der Waals surface area contributed by atoms with Gasteiger partial charge >= 0.3 is 12.2 Å². The monoisotopic (exact) mass is 420 g/mol. The molecule has 3 aliphatic heterocycles. The second-order valence-electron chi connectivity index (χ2n) is 7.81. The maximum Gasteiger partial charge on any atom is 0.416 e. The number of nitrogens with zero attached hydrogens (tertiary/aromatic N) is 3. The number of hydrogen-bond donors (Lipinski definition) is 1. The Hall–Kier alpha value is -2.84. The van der Waals surface area contributed by atoms with Gasteiger partial charge in [-0.3, -0.25) is 9.79 Å². The van der Waals surface area contributed by atoms with Crippen molar-refractivity contribution in [3.8, 4) is 0 Å². The third kappa shape index (κ3) is 3.68. The Balaban J connectivity index is 1.41. The Morgan fingerprint density at radius 2 is 1.80 bits per heavy atom. The zero-order valence-electron chi connectivity index (χ0n) is 16.6. The first-order chi connectivity index (χ1) is 14.3. The molecule has 3 amide bonds. The van der Waals surface area contributed by atoms with E-state index in [0.717, 1.165) is 17.2 Å². The number of urea groups is 1. The van der Waals surface area contributed by atoms with Gasteiger partial charge in [-0.25, -0.2) is 4.79 Å². The Morgan fingerprint density at radius 1 is 1.10 bits per heavy atom. The predicted molar refractivity (Wildman–Crippen MR) is 105 cm³/mol. The summed E-state index contributed by atoms with van der Waals surface area (Å²) < 4.78 is 40.0. The zero-order valence-corrected chi connectivity index (χ0v) is 16.6. The molecule has 3 heterocycles. The van der Waals surface area contributed by atoms with Crippen LogP contribution in [-0.2, 0) is 11.0 Å². The van der Waals surface area contributed by atoms with Crippen LogP contribution in [0.25, 0.3) is 0 Å². The highest BCUT2D eigenvalue weighted by molar-refractivity contribution is 6.46. The molecule has 0 unspecified atom stereocenters. The van der Waals surface area contributed by atoms with Gasteiger partial charge in [0.25, 0.3) is 5.91 Å². The number of hydrogen-bond acceptors (Lipinski definition) is 3. The zero-order chi connectivity index (χ0) is 21.5. The molecule has 4 rings (SSSR count). The molecule has 0 spiro atoms. The van der Waals surface area contributed by atoms with Gasteiger partial charge in [-0.05, 0) is 36.0 Å². The number of aliphatic imine (C=N–C) groups is 1. The van der Waals surface area contributed by atoms with Crippen molar-refractivity contribution >= 4 is 17.6 Å². The lowest BCUT2D eigenvalue weighted by Crippen LogP contribution is -2.43. The number of halogens is 3. The largest absolute Gasteiger partial charge is 0.416 e. The summed E-state index contributed by atoms with van der Waals surface area (Å²) in [5.41, 5.74) is 1.90. The Labute approximate surface area is 172 Å². The van der Waals surface area contributed by atoms with Crippen molar-refractivity contribution in [3.63, 3.8) is 0 Å². The fourth-order valence-corrected chi connectivity index (χ4v) is 4.50. The lowest BCUT2D eigenvalue weighted by atomic mass is 9.86. The molecular weight excluding hydrogens is 397 g/mol. The van der Waals surface area contributed by atoms with Crippen molar-refractivity contribution in [2.24, 2.45) is 4.99 Å². The molecule has 0 radical (unpaired) electrons. The van der Waals surface area contributed by atoms with Gasteiger partial charge in [0.1, 0.15) is 5.71 Å². The molecule has 1 saturated heterocycles. The molecule has 0 bridgehead atoms. The van der Waals surface area contributed by atoms with E-state index in [1.165, 1.54) is 12.1 Å². The van der Waals surface area contributed by atoms with Crippen LogP contribution < -0.4 is 5.32 Å². The third-order valence-electron chi connectivity index (χ3n) is 6.06. The number of carbonyl (C=O) groups is 2. The van der Waals surface area contributed by atoms with Crippen molar-refractivity contribution in [1.82, 2.24) is 15.1 Å². The van der Waals surface area contributed by atoms with Gasteiger partial charge < -0.3 is 15.1 Å². The van der Waals surface area contributed by atoms with Crippen LogP contribution in [0.4, 0.5) is 18.0 Å². The van der Waals surface area contributed by atoms with Crippen molar-refractivity contribution in [2.75, 3.05) is 39.8 Å². The minimum atomic E-state index is -4.38. The quantitative estimate of drug-likeness (QED) is 0.800. The number of piperidine rings is 1. The van der Waals surface area contributed by atoms with E-state index >= 15 is 0 Å². The maximum atomic E-state index is 13.3. The number of carbonyl (C=O) groups excluding carboxylic acids is 2. The summed E-state index contributed by atoms with van der Waals surface area (Å²) in [6, 6.07) is 5.49. The third-order valence-corrected chi connectivity index (χ3v) is 6.06. The molecule has 160 valence electrons. The highest BCUT2D eigenvalue weighted by atomic mass is 19.4. The van der Waals surface area contributed by atoms with Gasteiger partial charge in [0.2, 0.25) is 0 Å². The van der Waals surface area contributed by atoms with Crippen molar-refractivity contribution in [3.05, 3.63) is 46.5 Å². The number of benzene rings is 1. The van der Waals surface area contributed by atoms with E-state index in [1.54, 1.807) is 22.9 Å². The van der Waals surface area contributed by atoms with Crippen LogP contribution in [0.1, 0.15) is 29.9 Å². The molecule has 0 atom stereocenters. The number of likely N-dealkylation sites (tertiary alicyclic amines) is 1. The summed E-state index contributed by atoms with van der Waals surface area (Å²) in [4.78, 5) is 32.6. The van der Waals surface area contributed by atoms with Gasteiger partial charge in [0.05, 0.1) is 18.7 Å². The standard InChI is InChI=1S/C21H23F3N4O2/c1-25-20(30)28-11-14-10-26-18(16(14)12-28)19(29)27-8-6-13(7-9-27)15-4-2-3-5-17(15)21(22,23)24/h2-5,13H,6-12H2,1H3,(H,25,30). The topological polar surface area (TPSA) is 65.0 Å². The van der Waals surface area contributed by atoms with E-state index in [1.807, 2.05) is 0 Å². The lowest BCUT2D eigenvalue weighted by Gasteiger charge is -2.33. The van der Waals surface area contributed by atoms with E-state index in [9.17, 15) is 22.8 Å². The first kappa shape index (κ1) is 20.4. The van der Waals surface area contributed by atoms with Crippen molar-refractivity contribution < 1.29 is 22.8 Å². The number of nitrogens with one attached hydrogen (secondary N) is 1. The van der Waals surface area contributed by atoms with Gasteiger partial charge in [-0.2, -0.15) is 13.2 Å². The summed E-state index contributed by atoms with van der Waals surface area (Å²) in [6.45, 7) is 2.01. The van der Waals surface area contributed by atoms with Gasteiger partial charge in [-0.1, -0.05) is 18.2 Å². The Morgan fingerprint density at radius 3 is 2.47 bits per heavy atom. The average Bonchev–Trinajstić information content (AvgIpc) is 3.33. The van der Waals surface area contributed by atoms with E-state index < -0.39 is 11.7 Å². The van der Waals surface area contributed by atoms with Crippen LogP contribution in [0.5, 0.6) is 0 Å². The second kappa shape index (κ2) is 7.77. The van der Waals surface area contributed by atoms with Gasteiger partial charge in [-0.15, -0.1) is 0 Å². The number of alkyl halides is 3. The molecule has 0 aromatic heterocycles. The second-order valence-corrected chi connectivity index (χ2v) is 7.81. The summed E-state index contributed by atoms with van der Waals surface area (Å²) >= 11 is 0. The maximum absolute atomic E-state index is 13.3. The molecule has 0 aliphatic carbocycles. The van der Waals surface area contributed by atoms with Crippen LogP contribution in [0.15, 0.2) is 40.4 Å². The molecule has 3 aliphatic rings. The summed E-state index contributed by atoms with van der Waals surface area (Å²) in [6.07, 6.45) is -3.44. The van der Waals surface area contributed by atoms with Crippen LogP contribution in [0, 0.1) is 0 Å². The molecule has 1 fully saturated rings. The molecule has 30 heavy (non-hydrogen) atoms. The highest BCUT2D eigenvalue weighted by Crippen LogP contribution is 2.38.